The molecule has 8 heteroatoms. The van der Waals surface area contributed by atoms with Crippen molar-refractivity contribution in [2.75, 3.05) is 16.9 Å². The molecule has 1 amide bonds. The molecule has 2 heterocycles. The van der Waals surface area contributed by atoms with Gasteiger partial charge < -0.3 is 0 Å². The largest absolute Gasteiger partial charge is 0.298 e. The monoisotopic (exact) mass is 353 g/mol. The summed E-state index contributed by atoms with van der Waals surface area (Å²) in [5.41, 5.74) is 6.92. The summed E-state index contributed by atoms with van der Waals surface area (Å²) in [6.45, 7) is 0. The van der Waals surface area contributed by atoms with E-state index in [9.17, 15) is 13.2 Å². The molecule has 122 valence electrons. The zero-order valence-electron chi connectivity index (χ0n) is 12.3. The summed E-state index contributed by atoms with van der Waals surface area (Å²) < 4.78 is 22.8. The summed E-state index contributed by atoms with van der Waals surface area (Å²) in [4.78, 5) is 16.2. The Kier molecular flexibility index (Phi) is 4.41. The maximum Gasteiger partial charge on any atom is 0.238 e. The van der Waals surface area contributed by atoms with Crippen LogP contribution < -0.4 is 10.9 Å². The highest BCUT2D eigenvalue weighted by Crippen LogP contribution is 2.25. The van der Waals surface area contributed by atoms with Crippen molar-refractivity contribution in [2.24, 2.45) is 5.92 Å². The number of fused-ring (bicyclic) bond motifs is 1. The fraction of sp³-hybridized carbons (Fsp3) is 0.333. The SMILES string of the molecule is O=C(CC1CCS(=O)(=O)C1)NNc1ccnc2ccc(Cl)cc12. The minimum Gasteiger partial charge on any atom is -0.298 e. The van der Waals surface area contributed by atoms with Gasteiger partial charge in [0.25, 0.3) is 0 Å². The zero-order valence-corrected chi connectivity index (χ0v) is 13.8. The number of pyridine rings is 1. The first-order valence-electron chi connectivity index (χ1n) is 7.22. The predicted molar refractivity (Wildman–Crippen MR) is 89.9 cm³/mol. The second kappa shape index (κ2) is 6.33. The molecule has 0 bridgehead atoms. The van der Waals surface area contributed by atoms with Crippen molar-refractivity contribution in [3.8, 4) is 0 Å². The maximum atomic E-state index is 12.0. The average Bonchev–Trinajstić information content (AvgIpc) is 2.84. The Balaban J connectivity index is 1.64. The van der Waals surface area contributed by atoms with Crippen LogP contribution in [0.5, 0.6) is 0 Å². The van der Waals surface area contributed by atoms with Crippen molar-refractivity contribution in [3.63, 3.8) is 0 Å². The maximum absolute atomic E-state index is 12.0. The smallest absolute Gasteiger partial charge is 0.238 e. The van der Waals surface area contributed by atoms with Crippen LogP contribution in [0.15, 0.2) is 30.5 Å². The van der Waals surface area contributed by atoms with Crippen LogP contribution in [0, 0.1) is 5.92 Å². The molecule has 6 nitrogen and oxygen atoms in total. The van der Waals surface area contributed by atoms with E-state index in [0.717, 1.165) is 10.9 Å². The van der Waals surface area contributed by atoms with E-state index in [4.69, 9.17) is 11.6 Å². The van der Waals surface area contributed by atoms with Crippen LogP contribution >= 0.6 is 11.6 Å². The van der Waals surface area contributed by atoms with Crippen LogP contribution in [0.1, 0.15) is 12.8 Å². The fourth-order valence-electron chi connectivity index (χ4n) is 2.71. The zero-order chi connectivity index (χ0) is 16.4. The number of anilines is 1. The Morgan fingerprint density at radius 1 is 1.35 bits per heavy atom. The van der Waals surface area contributed by atoms with Gasteiger partial charge in [0.05, 0.1) is 22.7 Å². The first-order valence-corrected chi connectivity index (χ1v) is 9.42. The van der Waals surface area contributed by atoms with Crippen LogP contribution in [0.25, 0.3) is 10.9 Å². The molecule has 0 radical (unpaired) electrons. The van der Waals surface area contributed by atoms with E-state index in [2.05, 4.69) is 15.8 Å². The van der Waals surface area contributed by atoms with E-state index in [1.54, 1.807) is 30.5 Å². The topological polar surface area (TPSA) is 88.2 Å². The van der Waals surface area contributed by atoms with Gasteiger partial charge in [0.1, 0.15) is 0 Å². The van der Waals surface area contributed by atoms with Gasteiger partial charge in [0, 0.05) is 23.0 Å². The molecule has 23 heavy (non-hydrogen) atoms. The quantitative estimate of drug-likeness (QED) is 0.822. The Hall–Kier alpha value is -1.86. The van der Waals surface area contributed by atoms with E-state index >= 15 is 0 Å². The average molecular weight is 354 g/mol. The first kappa shape index (κ1) is 16.0. The van der Waals surface area contributed by atoms with Gasteiger partial charge in [-0.25, -0.2) is 8.42 Å². The fourth-order valence-corrected chi connectivity index (χ4v) is 4.74. The van der Waals surface area contributed by atoms with Gasteiger partial charge in [-0.15, -0.1) is 0 Å². The van der Waals surface area contributed by atoms with Gasteiger partial charge >= 0.3 is 0 Å². The molecule has 1 aromatic carbocycles. The third-order valence-electron chi connectivity index (χ3n) is 3.84. The number of hydrazine groups is 1. The molecular weight excluding hydrogens is 338 g/mol. The Bertz CT molecular complexity index is 854. The summed E-state index contributed by atoms with van der Waals surface area (Å²) in [6, 6.07) is 7.05. The van der Waals surface area contributed by atoms with E-state index < -0.39 is 9.84 Å². The summed E-state index contributed by atoms with van der Waals surface area (Å²) >= 11 is 5.99. The molecule has 3 rings (SSSR count). The van der Waals surface area contributed by atoms with Gasteiger partial charge in [-0.1, -0.05) is 11.6 Å². The predicted octanol–water partition coefficient (Wildman–Crippen LogP) is 2.16. The Labute approximate surface area is 139 Å². The van der Waals surface area contributed by atoms with Crippen molar-refractivity contribution in [2.45, 2.75) is 12.8 Å². The molecule has 1 aromatic heterocycles. The third kappa shape index (κ3) is 3.92. The van der Waals surface area contributed by atoms with Crippen LogP contribution in [0.2, 0.25) is 5.02 Å². The highest BCUT2D eigenvalue weighted by atomic mass is 35.5. The summed E-state index contributed by atoms with van der Waals surface area (Å²) in [5, 5.41) is 1.37. The number of nitrogens with zero attached hydrogens (tertiary/aromatic N) is 1. The number of nitrogens with one attached hydrogen (secondary N) is 2. The minimum atomic E-state index is -2.97. The lowest BCUT2D eigenvalue weighted by Crippen LogP contribution is -2.31. The van der Waals surface area contributed by atoms with Crippen molar-refractivity contribution in [1.29, 1.82) is 0 Å². The molecule has 1 aliphatic heterocycles. The van der Waals surface area contributed by atoms with Gasteiger partial charge in [-0.05, 0) is 36.6 Å². The number of rotatable bonds is 4. The standard InChI is InChI=1S/C15H16ClN3O3S/c16-11-1-2-13-12(8-11)14(3-5-17-13)18-19-15(20)7-10-4-6-23(21,22)9-10/h1-3,5,8,10H,4,6-7,9H2,(H,17,18)(H,19,20). The number of hydrogen-bond acceptors (Lipinski definition) is 5. The van der Waals surface area contributed by atoms with E-state index in [0.29, 0.717) is 17.1 Å². The number of amides is 1. The molecule has 1 atom stereocenters. The Morgan fingerprint density at radius 3 is 2.91 bits per heavy atom. The number of halogens is 1. The van der Waals surface area contributed by atoms with E-state index in [1.165, 1.54) is 0 Å². The Morgan fingerprint density at radius 2 is 2.17 bits per heavy atom. The van der Waals surface area contributed by atoms with Crippen molar-refractivity contribution in [1.82, 2.24) is 10.4 Å². The molecule has 1 aliphatic rings. The molecule has 1 fully saturated rings. The molecule has 1 saturated heterocycles. The first-order chi connectivity index (χ1) is 10.9. The molecular formula is C15H16ClN3O3S. The van der Waals surface area contributed by atoms with Crippen LogP contribution in [-0.4, -0.2) is 30.8 Å². The van der Waals surface area contributed by atoms with E-state index in [-0.39, 0.29) is 29.8 Å². The normalized spacial score (nSPS) is 19.6. The van der Waals surface area contributed by atoms with Crippen molar-refractivity contribution in [3.05, 3.63) is 35.5 Å². The van der Waals surface area contributed by atoms with Gasteiger partial charge in [0.2, 0.25) is 5.91 Å². The summed E-state index contributed by atoms with van der Waals surface area (Å²) in [5.74, 6) is -0.0791. The van der Waals surface area contributed by atoms with Crippen LogP contribution in [0.4, 0.5) is 5.69 Å². The number of aromatic nitrogens is 1. The number of hydrogen-bond donors (Lipinski definition) is 2. The lowest BCUT2D eigenvalue weighted by atomic mass is 10.1. The molecule has 0 saturated carbocycles. The number of benzene rings is 1. The molecule has 0 aliphatic carbocycles. The summed E-state index contributed by atoms with van der Waals surface area (Å²) in [6.07, 6.45) is 2.37. The number of sulfone groups is 1. The van der Waals surface area contributed by atoms with Crippen molar-refractivity contribution >= 4 is 43.9 Å². The van der Waals surface area contributed by atoms with Crippen LogP contribution in [0.3, 0.4) is 0 Å². The molecule has 2 aromatic rings. The molecule has 1 unspecified atom stereocenters. The highest BCUT2D eigenvalue weighted by molar-refractivity contribution is 7.91. The van der Waals surface area contributed by atoms with Gasteiger partial charge in [-0.2, -0.15) is 0 Å². The lowest BCUT2D eigenvalue weighted by Gasteiger charge is -2.12. The summed E-state index contributed by atoms with van der Waals surface area (Å²) in [7, 11) is -2.97. The van der Waals surface area contributed by atoms with E-state index in [1.807, 2.05) is 0 Å². The highest BCUT2D eigenvalue weighted by Gasteiger charge is 2.29. The van der Waals surface area contributed by atoms with Gasteiger partial charge in [0.15, 0.2) is 9.84 Å². The molecule has 0 spiro atoms. The van der Waals surface area contributed by atoms with Gasteiger partial charge in [-0.3, -0.25) is 20.6 Å². The van der Waals surface area contributed by atoms with Crippen molar-refractivity contribution < 1.29 is 13.2 Å². The minimum absolute atomic E-state index is 0.0915. The molecule has 2 N–H and O–H groups in total. The second-order valence-electron chi connectivity index (χ2n) is 5.67. The number of carbonyl (C=O) groups is 1. The third-order valence-corrected chi connectivity index (χ3v) is 5.91. The lowest BCUT2D eigenvalue weighted by molar-refractivity contribution is -0.121. The second-order valence-corrected chi connectivity index (χ2v) is 8.33. The number of carbonyl (C=O) groups excluding carboxylic acids is 1. The van der Waals surface area contributed by atoms with Crippen LogP contribution in [-0.2, 0) is 14.6 Å².